The van der Waals surface area contributed by atoms with Crippen molar-refractivity contribution >= 4 is 5.91 Å². The van der Waals surface area contributed by atoms with E-state index in [1.807, 2.05) is 31.2 Å². The molecule has 1 aromatic carbocycles. The van der Waals surface area contributed by atoms with Gasteiger partial charge in [0.25, 0.3) is 0 Å². The van der Waals surface area contributed by atoms with E-state index in [9.17, 15) is 9.90 Å². The molecule has 0 radical (unpaired) electrons. The zero-order valence-corrected chi connectivity index (χ0v) is 10.2. The standard InChI is InChI=1S/C14H19NO2/c1-11-5-4-6-12(9-11)13(16)10-15-8-3-2-7-14(15)17/h4-6,9,13,16H,2-3,7-8,10H2,1H3. The van der Waals surface area contributed by atoms with Crippen molar-refractivity contribution in [3.05, 3.63) is 35.4 Å². The number of benzene rings is 1. The molecule has 0 spiro atoms. The van der Waals surface area contributed by atoms with E-state index in [0.717, 1.165) is 30.5 Å². The van der Waals surface area contributed by atoms with E-state index in [1.54, 1.807) is 4.90 Å². The lowest BCUT2D eigenvalue weighted by Gasteiger charge is -2.28. The van der Waals surface area contributed by atoms with E-state index in [-0.39, 0.29) is 5.91 Å². The van der Waals surface area contributed by atoms with Gasteiger partial charge in [0, 0.05) is 13.0 Å². The normalized spacial score (nSPS) is 18.2. The summed E-state index contributed by atoms with van der Waals surface area (Å²) in [6, 6.07) is 7.82. The highest BCUT2D eigenvalue weighted by Crippen LogP contribution is 2.18. The van der Waals surface area contributed by atoms with Gasteiger partial charge in [-0.3, -0.25) is 4.79 Å². The van der Waals surface area contributed by atoms with Gasteiger partial charge >= 0.3 is 0 Å². The Morgan fingerprint density at radius 1 is 1.41 bits per heavy atom. The fraction of sp³-hybridized carbons (Fsp3) is 0.500. The van der Waals surface area contributed by atoms with Crippen LogP contribution in [0.15, 0.2) is 24.3 Å². The molecule has 0 saturated carbocycles. The second-order valence-electron chi connectivity index (χ2n) is 4.73. The number of likely N-dealkylation sites (tertiary alicyclic amines) is 1. The minimum absolute atomic E-state index is 0.169. The number of rotatable bonds is 3. The van der Waals surface area contributed by atoms with Crippen LogP contribution in [0.2, 0.25) is 0 Å². The predicted octanol–water partition coefficient (Wildman–Crippen LogP) is 2.04. The fourth-order valence-electron chi connectivity index (χ4n) is 2.25. The number of aryl methyl sites for hydroxylation is 1. The minimum Gasteiger partial charge on any atom is -0.387 e. The molecule has 92 valence electrons. The van der Waals surface area contributed by atoms with Gasteiger partial charge in [0.2, 0.25) is 5.91 Å². The lowest BCUT2D eigenvalue weighted by molar-refractivity contribution is -0.134. The number of nitrogens with zero attached hydrogens (tertiary/aromatic N) is 1. The number of piperidine rings is 1. The minimum atomic E-state index is -0.572. The molecular formula is C14H19NO2. The van der Waals surface area contributed by atoms with Crippen molar-refractivity contribution in [2.75, 3.05) is 13.1 Å². The molecule has 1 unspecified atom stereocenters. The summed E-state index contributed by atoms with van der Waals surface area (Å²) in [5.74, 6) is 0.169. The molecule has 3 heteroatoms. The Kier molecular flexibility index (Phi) is 3.79. The second-order valence-corrected chi connectivity index (χ2v) is 4.73. The molecule has 0 aliphatic carbocycles. The van der Waals surface area contributed by atoms with Crippen molar-refractivity contribution in [3.63, 3.8) is 0 Å². The Morgan fingerprint density at radius 3 is 2.94 bits per heavy atom. The van der Waals surface area contributed by atoms with Crippen molar-refractivity contribution in [1.29, 1.82) is 0 Å². The molecule has 1 aliphatic rings. The summed E-state index contributed by atoms with van der Waals surface area (Å²) >= 11 is 0. The SMILES string of the molecule is Cc1cccc(C(O)CN2CCCCC2=O)c1. The van der Waals surface area contributed by atoms with Crippen molar-refractivity contribution in [3.8, 4) is 0 Å². The highest BCUT2D eigenvalue weighted by molar-refractivity contribution is 5.76. The molecule has 1 atom stereocenters. The van der Waals surface area contributed by atoms with Crippen LogP contribution in [0.25, 0.3) is 0 Å². The van der Waals surface area contributed by atoms with E-state index < -0.39 is 6.10 Å². The number of hydrogen-bond donors (Lipinski definition) is 1. The van der Waals surface area contributed by atoms with Crippen LogP contribution in [0.4, 0.5) is 0 Å². The van der Waals surface area contributed by atoms with Crippen LogP contribution in [0.5, 0.6) is 0 Å². The third kappa shape index (κ3) is 3.07. The summed E-state index contributed by atoms with van der Waals surface area (Å²) in [5.41, 5.74) is 2.02. The molecular weight excluding hydrogens is 214 g/mol. The summed E-state index contributed by atoms with van der Waals surface area (Å²) in [4.78, 5) is 13.4. The van der Waals surface area contributed by atoms with Gasteiger partial charge in [-0.1, -0.05) is 29.8 Å². The van der Waals surface area contributed by atoms with Gasteiger partial charge in [-0.15, -0.1) is 0 Å². The summed E-state index contributed by atoms with van der Waals surface area (Å²) < 4.78 is 0. The van der Waals surface area contributed by atoms with Gasteiger partial charge in [-0.05, 0) is 25.3 Å². The highest BCUT2D eigenvalue weighted by atomic mass is 16.3. The maximum Gasteiger partial charge on any atom is 0.222 e. The average Bonchev–Trinajstić information content (AvgIpc) is 2.32. The van der Waals surface area contributed by atoms with Crippen LogP contribution in [0, 0.1) is 6.92 Å². The number of carbonyl (C=O) groups is 1. The number of aliphatic hydroxyl groups excluding tert-OH is 1. The molecule has 3 nitrogen and oxygen atoms in total. The number of carbonyl (C=O) groups excluding carboxylic acids is 1. The summed E-state index contributed by atoms with van der Waals surface area (Å²) in [7, 11) is 0. The molecule has 1 aromatic rings. The Balaban J connectivity index is 2.00. The first-order valence-electron chi connectivity index (χ1n) is 6.19. The van der Waals surface area contributed by atoms with E-state index in [4.69, 9.17) is 0 Å². The Bertz CT molecular complexity index is 403. The van der Waals surface area contributed by atoms with Crippen LogP contribution in [-0.2, 0) is 4.79 Å². The number of amides is 1. The van der Waals surface area contributed by atoms with Gasteiger partial charge < -0.3 is 10.0 Å². The van der Waals surface area contributed by atoms with Crippen molar-refractivity contribution in [2.45, 2.75) is 32.3 Å². The largest absolute Gasteiger partial charge is 0.387 e. The predicted molar refractivity (Wildman–Crippen MR) is 66.6 cm³/mol. The third-order valence-corrected chi connectivity index (χ3v) is 3.24. The fourth-order valence-corrected chi connectivity index (χ4v) is 2.25. The van der Waals surface area contributed by atoms with Crippen LogP contribution in [0.3, 0.4) is 0 Å². The maximum absolute atomic E-state index is 11.6. The lowest BCUT2D eigenvalue weighted by atomic mass is 10.0. The summed E-state index contributed by atoms with van der Waals surface area (Å²) in [5, 5.41) is 10.1. The molecule has 1 fully saturated rings. The van der Waals surface area contributed by atoms with E-state index in [0.29, 0.717) is 13.0 Å². The van der Waals surface area contributed by atoms with Gasteiger partial charge in [0.05, 0.1) is 12.6 Å². The van der Waals surface area contributed by atoms with Gasteiger partial charge in [-0.25, -0.2) is 0 Å². The molecule has 1 amide bonds. The first kappa shape index (κ1) is 12.1. The zero-order valence-electron chi connectivity index (χ0n) is 10.2. The van der Waals surface area contributed by atoms with Crippen molar-refractivity contribution in [2.24, 2.45) is 0 Å². The summed E-state index contributed by atoms with van der Waals surface area (Å²) in [6.07, 6.45) is 2.08. The monoisotopic (exact) mass is 233 g/mol. The number of hydrogen-bond acceptors (Lipinski definition) is 2. The van der Waals surface area contributed by atoms with Crippen molar-refractivity contribution in [1.82, 2.24) is 4.90 Å². The third-order valence-electron chi connectivity index (χ3n) is 3.24. The highest BCUT2D eigenvalue weighted by Gasteiger charge is 2.21. The second kappa shape index (κ2) is 5.32. The number of aliphatic hydroxyl groups is 1. The van der Waals surface area contributed by atoms with Crippen LogP contribution in [0.1, 0.15) is 36.5 Å². The molecule has 1 saturated heterocycles. The van der Waals surface area contributed by atoms with Crippen molar-refractivity contribution < 1.29 is 9.90 Å². The first-order chi connectivity index (χ1) is 8.16. The molecule has 2 rings (SSSR count). The van der Waals surface area contributed by atoms with Crippen LogP contribution < -0.4 is 0 Å². The Morgan fingerprint density at radius 2 is 2.24 bits per heavy atom. The molecule has 1 N–H and O–H groups in total. The van der Waals surface area contributed by atoms with Gasteiger partial charge in [0.1, 0.15) is 0 Å². The topological polar surface area (TPSA) is 40.5 Å². The van der Waals surface area contributed by atoms with Crippen LogP contribution in [-0.4, -0.2) is 29.0 Å². The molecule has 1 aliphatic heterocycles. The van der Waals surface area contributed by atoms with Gasteiger partial charge in [0.15, 0.2) is 0 Å². The summed E-state index contributed by atoms with van der Waals surface area (Å²) in [6.45, 7) is 3.20. The Hall–Kier alpha value is -1.35. The molecule has 1 heterocycles. The smallest absolute Gasteiger partial charge is 0.222 e. The Labute approximate surface area is 102 Å². The number of β-amino-alcohol motifs (C(OH)–C–C–N with tert-alkyl or cyclic N) is 1. The lowest BCUT2D eigenvalue weighted by Crippen LogP contribution is -2.38. The molecule has 17 heavy (non-hydrogen) atoms. The van der Waals surface area contributed by atoms with E-state index in [2.05, 4.69) is 0 Å². The molecule has 0 aromatic heterocycles. The van der Waals surface area contributed by atoms with Crippen LogP contribution >= 0.6 is 0 Å². The average molecular weight is 233 g/mol. The first-order valence-corrected chi connectivity index (χ1v) is 6.19. The quantitative estimate of drug-likeness (QED) is 0.868. The van der Waals surface area contributed by atoms with E-state index in [1.165, 1.54) is 0 Å². The van der Waals surface area contributed by atoms with E-state index >= 15 is 0 Å². The zero-order chi connectivity index (χ0) is 12.3. The van der Waals surface area contributed by atoms with Gasteiger partial charge in [-0.2, -0.15) is 0 Å². The maximum atomic E-state index is 11.6. The molecule has 0 bridgehead atoms.